The number of rotatable bonds is 3. The summed E-state index contributed by atoms with van der Waals surface area (Å²) in [6.45, 7) is 3.33. The first-order valence-corrected chi connectivity index (χ1v) is 6.26. The lowest BCUT2D eigenvalue weighted by Crippen LogP contribution is -2.08. The lowest BCUT2D eigenvalue weighted by Gasteiger charge is -2.12. The Labute approximate surface area is 125 Å². The lowest BCUT2D eigenvalue weighted by atomic mass is 10.1. The summed E-state index contributed by atoms with van der Waals surface area (Å²) >= 11 is 6.09. The summed E-state index contributed by atoms with van der Waals surface area (Å²) in [6, 6.07) is 8.27. The van der Waals surface area contributed by atoms with Crippen LogP contribution in [0.1, 0.15) is 0 Å². The number of carbonyl (C=O) groups is 2. The minimum atomic E-state index is -0.868. The molecule has 0 N–H and O–H groups in total. The molecule has 0 heterocycles. The molecule has 0 amide bonds. The number of ether oxygens (including phenoxy) is 3. The van der Waals surface area contributed by atoms with Crippen molar-refractivity contribution in [1.29, 1.82) is 0 Å². The number of halogens is 1. The molecule has 0 unspecified atom stereocenters. The van der Waals surface area contributed by atoms with Crippen LogP contribution in [-0.4, -0.2) is 19.2 Å². The van der Waals surface area contributed by atoms with Gasteiger partial charge in [-0.25, -0.2) is 9.59 Å². The van der Waals surface area contributed by atoms with Crippen molar-refractivity contribution in [3.63, 3.8) is 0 Å². The van der Waals surface area contributed by atoms with Gasteiger partial charge in [0.15, 0.2) is 5.75 Å². The molecule has 0 saturated carbocycles. The second-order valence-corrected chi connectivity index (χ2v) is 4.32. The third-order valence-corrected chi connectivity index (χ3v) is 2.92. The summed E-state index contributed by atoms with van der Waals surface area (Å²) in [5, 5.41) is 1.21. The van der Waals surface area contributed by atoms with Gasteiger partial charge in [-0.05, 0) is 0 Å². The average molecular weight is 307 g/mol. The van der Waals surface area contributed by atoms with E-state index in [4.69, 9.17) is 21.1 Å². The second-order valence-electron chi connectivity index (χ2n) is 3.91. The van der Waals surface area contributed by atoms with Gasteiger partial charge >= 0.3 is 12.1 Å². The fraction of sp³-hybridized carbons (Fsp3) is 0.0667. The fourth-order valence-electron chi connectivity index (χ4n) is 1.74. The molecule has 108 valence electrons. The van der Waals surface area contributed by atoms with E-state index in [1.165, 1.54) is 13.2 Å². The number of benzene rings is 2. The van der Waals surface area contributed by atoms with Crippen LogP contribution in [0, 0.1) is 0 Å². The van der Waals surface area contributed by atoms with E-state index >= 15 is 0 Å². The van der Waals surface area contributed by atoms with Crippen LogP contribution in [0.3, 0.4) is 0 Å². The molecule has 0 bridgehead atoms. The van der Waals surface area contributed by atoms with Gasteiger partial charge in [0.1, 0.15) is 5.75 Å². The Morgan fingerprint density at radius 1 is 1.19 bits per heavy atom. The maximum absolute atomic E-state index is 11.4. The summed E-state index contributed by atoms with van der Waals surface area (Å²) in [5.41, 5.74) is 0. The zero-order valence-electron chi connectivity index (χ0n) is 11.1. The van der Waals surface area contributed by atoms with Crippen LogP contribution in [0.5, 0.6) is 11.5 Å². The van der Waals surface area contributed by atoms with Gasteiger partial charge in [0.05, 0.1) is 12.1 Å². The Morgan fingerprint density at radius 2 is 1.86 bits per heavy atom. The van der Waals surface area contributed by atoms with Crippen molar-refractivity contribution in [2.24, 2.45) is 0 Å². The molecule has 0 spiro atoms. The van der Waals surface area contributed by atoms with E-state index in [2.05, 4.69) is 11.3 Å². The van der Waals surface area contributed by atoms with Gasteiger partial charge in [-0.1, -0.05) is 42.4 Å². The Balaban J connectivity index is 2.60. The van der Waals surface area contributed by atoms with E-state index in [-0.39, 0.29) is 16.5 Å². The summed E-state index contributed by atoms with van der Waals surface area (Å²) in [5.74, 6) is -0.251. The normalized spacial score (nSPS) is 10.0. The first-order chi connectivity index (χ1) is 10.1. The van der Waals surface area contributed by atoms with Gasteiger partial charge in [-0.2, -0.15) is 0 Å². The second kappa shape index (κ2) is 6.28. The lowest BCUT2D eigenvalue weighted by molar-refractivity contribution is -0.128. The van der Waals surface area contributed by atoms with Gasteiger partial charge in [-0.15, -0.1) is 0 Å². The zero-order valence-corrected chi connectivity index (χ0v) is 11.8. The fourth-order valence-corrected chi connectivity index (χ4v) is 1.98. The monoisotopic (exact) mass is 306 g/mol. The summed E-state index contributed by atoms with van der Waals surface area (Å²) < 4.78 is 14.6. The number of hydrogen-bond acceptors (Lipinski definition) is 5. The molecule has 2 aromatic rings. The molecular formula is C15H11ClO5. The minimum absolute atomic E-state index is 0.128. The summed E-state index contributed by atoms with van der Waals surface area (Å²) in [4.78, 5) is 22.6. The van der Waals surface area contributed by atoms with Gasteiger partial charge in [0, 0.05) is 22.9 Å². The minimum Gasteiger partial charge on any atom is -0.437 e. The smallest absolute Gasteiger partial charge is 0.437 e. The van der Waals surface area contributed by atoms with E-state index in [0.717, 1.165) is 6.08 Å². The van der Waals surface area contributed by atoms with Crippen LogP contribution >= 0.6 is 11.6 Å². The van der Waals surface area contributed by atoms with Crippen LogP contribution in [-0.2, 0) is 9.53 Å². The SMILES string of the molecule is C=CC(=O)Oc1c(Cl)cc(OC(=O)OC)c2ccccc12. The van der Waals surface area contributed by atoms with Gasteiger partial charge in [-0.3, -0.25) is 0 Å². The van der Waals surface area contributed by atoms with Crippen LogP contribution < -0.4 is 9.47 Å². The Morgan fingerprint density at radius 3 is 2.48 bits per heavy atom. The predicted molar refractivity (Wildman–Crippen MR) is 77.8 cm³/mol. The first kappa shape index (κ1) is 14.9. The Hall–Kier alpha value is -2.53. The maximum atomic E-state index is 11.4. The van der Waals surface area contributed by atoms with Crippen molar-refractivity contribution in [3.05, 3.63) is 48.0 Å². The van der Waals surface area contributed by atoms with E-state index in [9.17, 15) is 9.59 Å². The predicted octanol–water partition coefficient (Wildman–Crippen LogP) is 3.73. The first-order valence-electron chi connectivity index (χ1n) is 5.88. The zero-order chi connectivity index (χ0) is 15.4. The molecule has 0 radical (unpaired) electrons. The highest BCUT2D eigenvalue weighted by molar-refractivity contribution is 6.34. The van der Waals surface area contributed by atoms with Gasteiger partial charge < -0.3 is 14.2 Å². The number of methoxy groups -OCH3 is 1. The molecule has 5 nitrogen and oxygen atoms in total. The molecule has 0 aliphatic rings. The molecule has 2 aromatic carbocycles. The molecule has 0 aromatic heterocycles. The van der Waals surface area contributed by atoms with Crippen molar-refractivity contribution in [2.45, 2.75) is 0 Å². The largest absolute Gasteiger partial charge is 0.513 e. The Bertz CT molecular complexity index is 723. The molecule has 0 aliphatic heterocycles. The standard InChI is InChI=1S/C15H11ClO5/c1-3-13(17)21-14-10-7-5-4-6-9(10)12(8-11(14)16)20-15(18)19-2/h3-8H,1H2,2H3. The molecule has 6 heteroatoms. The van der Waals surface area contributed by atoms with E-state index < -0.39 is 12.1 Å². The highest BCUT2D eigenvalue weighted by Crippen LogP contribution is 2.39. The average Bonchev–Trinajstić information content (AvgIpc) is 2.50. The molecule has 0 atom stereocenters. The number of esters is 1. The third-order valence-electron chi connectivity index (χ3n) is 2.64. The molecular weight excluding hydrogens is 296 g/mol. The molecule has 0 aliphatic carbocycles. The summed E-state index contributed by atoms with van der Waals surface area (Å²) in [7, 11) is 1.20. The van der Waals surface area contributed by atoms with Crippen molar-refractivity contribution in [3.8, 4) is 11.5 Å². The number of carbonyl (C=O) groups excluding carboxylic acids is 2. The van der Waals surface area contributed by atoms with Crippen LogP contribution in [0.4, 0.5) is 4.79 Å². The van der Waals surface area contributed by atoms with Gasteiger partial charge in [0.25, 0.3) is 0 Å². The van der Waals surface area contributed by atoms with E-state index in [0.29, 0.717) is 10.8 Å². The highest BCUT2D eigenvalue weighted by Gasteiger charge is 2.17. The highest BCUT2D eigenvalue weighted by atomic mass is 35.5. The molecule has 21 heavy (non-hydrogen) atoms. The van der Waals surface area contributed by atoms with Crippen molar-refractivity contribution < 1.29 is 23.8 Å². The number of fused-ring (bicyclic) bond motifs is 1. The molecule has 0 saturated heterocycles. The van der Waals surface area contributed by atoms with Crippen molar-refractivity contribution >= 4 is 34.5 Å². The van der Waals surface area contributed by atoms with Crippen molar-refractivity contribution in [2.75, 3.05) is 7.11 Å². The van der Waals surface area contributed by atoms with Crippen LogP contribution in [0.25, 0.3) is 10.8 Å². The molecule has 2 rings (SSSR count). The maximum Gasteiger partial charge on any atom is 0.513 e. The van der Waals surface area contributed by atoms with Crippen molar-refractivity contribution in [1.82, 2.24) is 0 Å². The van der Waals surface area contributed by atoms with Gasteiger partial charge in [0.2, 0.25) is 0 Å². The summed E-state index contributed by atoms with van der Waals surface area (Å²) in [6.07, 6.45) is 0.163. The Kier molecular flexibility index (Phi) is 4.45. The van der Waals surface area contributed by atoms with Crippen LogP contribution in [0.2, 0.25) is 5.02 Å². The number of hydrogen-bond donors (Lipinski definition) is 0. The van der Waals surface area contributed by atoms with E-state index in [1.807, 2.05) is 0 Å². The van der Waals surface area contributed by atoms with E-state index in [1.54, 1.807) is 24.3 Å². The molecule has 0 fully saturated rings. The third kappa shape index (κ3) is 3.14. The topological polar surface area (TPSA) is 61.8 Å². The quantitative estimate of drug-likeness (QED) is 0.374. The van der Waals surface area contributed by atoms with Crippen LogP contribution in [0.15, 0.2) is 43.0 Å².